The van der Waals surface area contributed by atoms with Gasteiger partial charge in [0.05, 0.1) is 10.5 Å². The molecule has 1 fully saturated rings. The number of nitrogens with zero attached hydrogens (tertiary/aromatic N) is 3. The molecule has 2 rings (SSSR count). The van der Waals surface area contributed by atoms with Gasteiger partial charge in [0.15, 0.2) is 0 Å². The molecule has 0 unspecified atom stereocenters. The van der Waals surface area contributed by atoms with Crippen molar-refractivity contribution in [3.8, 4) is 6.07 Å². The van der Waals surface area contributed by atoms with Crippen LogP contribution in [0.3, 0.4) is 0 Å². The van der Waals surface area contributed by atoms with Gasteiger partial charge in [-0.1, -0.05) is 25.5 Å². The molecule has 0 spiro atoms. The number of hydrogen-bond acceptors (Lipinski definition) is 4. The van der Waals surface area contributed by atoms with Crippen LogP contribution in [0.25, 0.3) is 0 Å². The molecule has 1 N–H and O–H groups in total. The van der Waals surface area contributed by atoms with Crippen LogP contribution >= 0.6 is 0 Å². The molecule has 1 heterocycles. The molecule has 0 aromatic heterocycles. The number of nitrogens with one attached hydrogen (secondary N) is 1. The zero-order valence-corrected chi connectivity index (χ0v) is 14.6. The number of rotatable bonds is 5. The molecule has 24 heavy (non-hydrogen) atoms. The van der Waals surface area contributed by atoms with Gasteiger partial charge in [-0.3, -0.25) is 0 Å². The van der Waals surface area contributed by atoms with Crippen molar-refractivity contribution < 1.29 is 13.2 Å². The number of carbonyl (C=O) groups is 1. The van der Waals surface area contributed by atoms with Gasteiger partial charge in [0.2, 0.25) is 10.0 Å². The van der Waals surface area contributed by atoms with Crippen molar-refractivity contribution in [1.82, 2.24) is 14.5 Å². The highest BCUT2D eigenvalue weighted by atomic mass is 32.2. The van der Waals surface area contributed by atoms with Crippen molar-refractivity contribution in [3.63, 3.8) is 0 Å². The monoisotopic (exact) mass is 350 g/mol. The standard InChI is InChI=1S/C16H22N4O3S/c1-2-3-8-18-16(21)19-9-11-20(12-10-19)24(22,23)15-7-5-4-6-14(15)13-17/h4-7H,2-3,8-12H2,1H3,(H,18,21). The van der Waals surface area contributed by atoms with E-state index in [9.17, 15) is 13.2 Å². The lowest BCUT2D eigenvalue weighted by Gasteiger charge is -2.34. The third kappa shape index (κ3) is 4.04. The molecule has 1 aromatic carbocycles. The lowest BCUT2D eigenvalue weighted by Crippen LogP contribution is -2.53. The summed E-state index contributed by atoms with van der Waals surface area (Å²) in [6.45, 7) is 3.81. The molecule has 1 saturated heterocycles. The first-order valence-corrected chi connectivity index (χ1v) is 9.46. The van der Waals surface area contributed by atoms with E-state index in [4.69, 9.17) is 5.26 Å². The average molecular weight is 350 g/mol. The Morgan fingerprint density at radius 3 is 2.54 bits per heavy atom. The predicted octanol–water partition coefficient (Wildman–Crippen LogP) is 1.37. The second-order valence-corrected chi connectivity index (χ2v) is 7.49. The fourth-order valence-electron chi connectivity index (χ4n) is 2.54. The van der Waals surface area contributed by atoms with E-state index in [1.54, 1.807) is 17.0 Å². The number of urea groups is 1. The summed E-state index contributed by atoms with van der Waals surface area (Å²) in [5.41, 5.74) is 0.136. The van der Waals surface area contributed by atoms with Crippen LogP contribution in [0.2, 0.25) is 0 Å². The van der Waals surface area contributed by atoms with Gasteiger partial charge in [0.1, 0.15) is 6.07 Å². The largest absolute Gasteiger partial charge is 0.338 e. The molecule has 7 nitrogen and oxygen atoms in total. The van der Waals surface area contributed by atoms with Gasteiger partial charge in [-0.05, 0) is 18.6 Å². The smallest absolute Gasteiger partial charge is 0.317 e. The fraction of sp³-hybridized carbons (Fsp3) is 0.500. The first kappa shape index (κ1) is 18.2. The van der Waals surface area contributed by atoms with Crippen molar-refractivity contribution in [2.75, 3.05) is 32.7 Å². The van der Waals surface area contributed by atoms with Crippen LogP contribution in [0.15, 0.2) is 29.2 Å². The second kappa shape index (κ2) is 8.13. The molecule has 0 bridgehead atoms. The number of unbranched alkanes of at least 4 members (excludes halogenated alkanes) is 1. The Hall–Kier alpha value is -2.11. The molecule has 1 aliphatic rings. The molecular weight excluding hydrogens is 328 g/mol. The molecule has 0 radical (unpaired) electrons. The molecular formula is C16H22N4O3S. The van der Waals surface area contributed by atoms with E-state index < -0.39 is 10.0 Å². The maximum Gasteiger partial charge on any atom is 0.317 e. The SMILES string of the molecule is CCCCNC(=O)N1CCN(S(=O)(=O)c2ccccc2C#N)CC1. The highest BCUT2D eigenvalue weighted by molar-refractivity contribution is 7.89. The van der Waals surface area contributed by atoms with E-state index in [1.165, 1.54) is 16.4 Å². The van der Waals surface area contributed by atoms with Crippen LogP contribution in [0.1, 0.15) is 25.3 Å². The summed E-state index contributed by atoms with van der Waals surface area (Å²) in [6.07, 6.45) is 1.93. The van der Waals surface area contributed by atoms with Gasteiger partial charge in [-0.2, -0.15) is 9.57 Å². The molecule has 1 aromatic rings. The van der Waals surface area contributed by atoms with Crippen molar-refractivity contribution >= 4 is 16.1 Å². The Labute approximate surface area is 142 Å². The Kier molecular flexibility index (Phi) is 6.17. The minimum Gasteiger partial charge on any atom is -0.338 e. The van der Waals surface area contributed by atoms with Gasteiger partial charge in [-0.15, -0.1) is 0 Å². The minimum absolute atomic E-state index is 0.0216. The Balaban J connectivity index is 2.01. The normalized spacial score (nSPS) is 15.8. The van der Waals surface area contributed by atoms with E-state index in [-0.39, 0.29) is 29.6 Å². The summed E-state index contributed by atoms with van der Waals surface area (Å²) >= 11 is 0. The first-order valence-electron chi connectivity index (χ1n) is 8.02. The van der Waals surface area contributed by atoms with Crippen LogP contribution in [-0.2, 0) is 10.0 Å². The van der Waals surface area contributed by atoms with Gasteiger partial charge in [0, 0.05) is 32.7 Å². The number of carbonyl (C=O) groups excluding carboxylic acids is 1. The van der Waals surface area contributed by atoms with Crippen molar-refractivity contribution in [3.05, 3.63) is 29.8 Å². The van der Waals surface area contributed by atoms with E-state index in [0.29, 0.717) is 19.6 Å². The number of hydrogen-bond donors (Lipinski definition) is 1. The van der Waals surface area contributed by atoms with E-state index in [2.05, 4.69) is 12.2 Å². The van der Waals surface area contributed by atoms with Gasteiger partial charge in [-0.25, -0.2) is 13.2 Å². The number of benzene rings is 1. The van der Waals surface area contributed by atoms with E-state index >= 15 is 0 Å². The molecule has 1 aliphatic heterocycles. The van der Waals surface area contributed by atoms with Crippen molar-refractivity contribution in [1.29, 1.82) is 5.26 Å². The van der Waals surface area contributed by atoms with E-state index in [0.717, 1.165) is 12.8 Å². The zero-order chi connectivity index (χ0) is 17.6. The van der Waals surface area contributed by atoms with Gasteiger partial charge < -0.3 is 10.2 Å². The average Bonchev–Trinajstić information content (AvgIpc) is 2.62. The van der Waals surface area contributed by atoms with E-state index in [1.807, 2.05) is 6.07 Å². The van der Waals surface area contributed by atoms with Crippen LogP contribution in [0.4, 0.5) is 4.79 Å². The third-order valence-corrected chi connectivity index (χ3v) is 5.91. The van der Waals surface area contributed by atoms with Crippen LogP contribution < -0.4 is 5.32 Å². The topological polar surface area (TPSA) is 93.5 Å². The highest BCUT2D eigenvalue weighted by Crippen LogP contribution is 2.21. The lowest BCUT2D eigenvalue weighted by atomic mass is 10.2. The molecule has 2 amide bonds. The quantitative estimate of drug-likeness (QED) is 0.812. The summed E-state index contributed by atoms with van der Waals surface area (Å²) in [6, 6.07) is 7.93. The molecule has 0 aliphatic carbocycles. The van der Waals surface area contributed by atoms with Gasteiger partial charge in [0.25, 0.3) is 0 Å². The maximum absolute atomic E-state index is 12.7. The molecule has 0 atom stereocenters. The summed E-state index contributed by atoms with van der Waals surface area (Å²) < 4.78 is 26.8. The minimum atomic E-state index is -3.72. The summed E-state index contributed by atoms with van der Waals surface area (Å²) in [4.78, 5) is 13.6. The number of amides is 2. The Morgan fingerprint density at radius 1 is 1.25 bits per heavy atom. The Morgan fingerprint density at radius 2 is 1.92 bits per heavy atom. The van der Waals surface area contributed by atoms with Crippen molar-refractivity contribution in [2.45, 2.75) is 24.7 Å². The fourth-order valence-corrected chi connectivity index (χ4v) is 4.10. The zero-order valence-electron chi connectivity index (χ0n) is 13.7. The lowest BCUT2D eigenvalue weighted by molar-refractivity contribution is 0.172. The Bertz CT molecular complexity index is 719. The van der Waals surface area contributed by atoms with Crippen LogP contribution in [-0.4, -0.2) is 56.4 Å². The predicted molar refractivity (Wildman–Crippen MR) is 89.8 cm³/mol. The first-order chi connectivity index (χ1) is 11.5. The van der Waals surface area contributed by atoms with Gasteiger partial charge >= 0.3 is 6.03 Å². The molecule has 0 saturated carbocycles. The number of piperazine rings is 1. The third-order valence-electron chi connectivity index (χ3n) is 3.96. The number of sulfonamides is 1. The molecule has 8 heteroatoms. The second-order valence-electron chi connectivity index (χ2n) is 5.58. The number of nitriles is 1. The maximum atomic E-state index is 12.7. The highest BCUT2D eigenvalue weighted by Gasteiger charge is 2.31. The summed E-state index contributed by atoms with van der Waals surface area (Å²) in [5.74, 6) is 0. The van der Waals surface area contributed by atoms with Crippen LogP contribution in [0, 0.1) is 11.3 Å². The molecule has 130 valence electrons. The van der Waals surface area contributed by atoms with Crippen molar-refractivity contribution in [2.24, 2.45) is 0 Å². The summed E-state index contributed by atoms with van der Waals surface area (Å²) in [5, 5.41) is 11.9. The van der Waals surface area contributed by atoms with Crippen LogP contribution in [0.5, 0.6) is 0 Å². The summed E-state index contributed by atoms with van der Waals surface area (Å²) in [7, 11) is -3.72.